The molecule has 6 nitrogen and oxygen atoms in total. The predicted molar refractivity (Wildman–Crippen MR) is 84.9 cm³/mol. The van der Waals surface area contributed by atoms with Gasteiger partial charge in [0, 0.05) is 17.6 Å². The van der Waals surface area contributed by atoms with Crippen LogP contribution in [0.4, 0.5) is 10.5 Å². The number of hydrogen-bond acceptors (Lipinski definition) is 3. The molecule has 0 fully saturated rings. The lowest BCUT2D eigenvalue weighted by molar-refractivity contribution is 0.251. The molecule has 3 N–H and O–H groups in total. The summed E-state index contributed by atoms with van der Waals surface area (Å²) >= 11 is 0. The standard InChI is InChI=1S/C16H16N4O2/c1-22-14-4-2-3-11(7-14)9-17-16(21)19-13-5-6-15-12(8-13)10-18-20-15/h2-8,10H,9H2,1H3,(H,18,20)(H2,17,19,21). The van der Waals surface area contributed by atoms with Crippen LogP contribution < -0.4 is 15.4 Å². The van der Waals surface area contributed by atoms with Crippen molar-refractivity contribution in [2.24, 2.45) is 0 Å². The van der Waals surface area contributed by atoms with Crippen molar-refractivity contribution in [3.63, 3.8) is 0 Å². The number of methoxy groups -OCH3 is 1. The Hall–Kier alpha value is -3.02. The second-order valence-electron chi connectivity index (χ2n) is 4.83. The molecule has 0 spiro atoms. The van der Waals surface area contributed by atoms with Crippen molar-refractivity contribution in [1.82, 2.24) is 15.5 Å². The van der Waals surface area contributed by atoms with E-state index in [2.05, 4.69) is 20.8 Å². The summed E-state index contributed by atoms with van der Waals surface area (Å²) in [5.41, 5.74) is 2.62. The second-order valence-corrected chi connectivity index (χ2v) is 4.83. The third-order valence-corrected chi connectivity index (χ3v) is 3.29. The minimum Gasteiger partial charge on any atom is -0.497 e. The van der Waals surface area contributed by atoms with Crippen LogP contribution in [0.5, 0.6) is 5.75 Å². The zero-order valence-corrected chi connectivity index (χ0v) is 12.1. The fraction of sp³-hybridized carbons (Fsp3) is 0.125. The lowest BCUT2D eigenvalue weighted by Gasteiger charge is -2.08. The van der Waals surface area contributed by atoms with Gasteiger partial charge in [0.2, 0.25) is 0 Å². The molecule has 0 bridgehead atoms. The van der Waals surface area contributed by atoms with Crippen molar-refractivity contribution in [2.75, 3.05) is 12.4 Å². The van der Waals surface area contributed by atoms with Gasteiger partial charge in [0.25, 0.3) is 0 Å². The van der Waals surface area contributed by atoms with Gasteiger partial charge in [0.15, 0.2) is 0 Å². The molecule has 0 aliphatic carbocycles. The molecule has 22 heavy (non-hydrogen) atoms. The van der Waals surface area contributed by atoms with Gasteiger partial charge in [0.1, 0.15) is 5.75 Å². The van der Waals surface area contributed by atoms with Crippen molar-refractivity contribution < 1.29 is 9.53 Å². The van der Waals surface area contributed by atoms with Crippen LogP contribution in [-0.4, -0.2) is 23.3 Å². The SMILES string of the molecule is COc1cccc(CNC(=O)Nc2ccc3[nH]ncc3c2)c1. The number of fused-ring (bicyclic) bond motifs is 1. The summed E-state index contributed by atoms with van der Waals surface area (Å²) in [5.74, 6) is 0.769. The number of hydrogen-bond donors (Lipinski definition) is 3. The van der Waals surface area contributed by atoms with Crippen molar-refractivity contribution >= 4 is 22.6 Å². The molecule has 0 saturated carbocycles. The number of anilines is 1. The van der Waals surface area contributed by atoms with Crippen LogP contribution in [0.1, 0.15) is 5.56 Å². The molecule has 112 valence electrons. The third-order valence-electron chi connectivity index (χ3n) is 3.29. The van der Waals surface area contributed by atoms with E-state index in [-0.39, 0.29) is 6.03 Å². The average Bonchev–Trinajstić information content (AvgIpc) is 3.01. The summed E-state index contributed by atoms with van der Waals surface area (Å²) < 4.78 is 5.15. The third kappa shape index (κ3) is 3.17. The van der Waals surface area contributed by atoms with Gasteiger partial charge >= 0.3 is 6.03 Å². The number of ether oxygens (including phenoxy) is 1. The lowest BCUT2D eigenvalue weighted by atomic mass is 10.2. The Morgan fingerprint density at radius 3 is 3.05 bits per heavy atom. The first-order valence-electron chi connectivity index (χ1n) is 6.85. The molecule has 2 aromatic carbocycles. The van der Waals surface area contributed by atoms with Gasteiger partial charge in [-0.3, -0.25) is 5.10 Å². The van der Waals surface area contributed by atoms with E-state index in [9.17, 15) is 4.79 Å². The van der Waals surface area contributed by atoms with Gasteiger partial charge in [-0.25, -0.2) is 4.79 Å². The minimum absolute atomic E-state index is 0.259. The molecule has 0 radical (unpaired) electrons. The number of aromatic nitrogens is 2. The Bertz CT molecular complexity index is 797. The highest BCUT2D eigenvalue weighted by Crippen LogP contribution is 2.16. The lowest BCUT2D eigenvalue weighted by Crippen LogP contribution is -2.28. The number of benzene rings is 2. The summed E-state index contributed by atoms with van der Waals surface area (Å²) in [6.45, 7) is 0.428. The first kappa shape index (κ1) is 13.9. The van der Waals surface area contributed by atoms with E-state index in [1.165, 1.54) is 0 Å². The quantitative estimate of drug-likeness (QED) is 0.692. The smallest absolute Gasteiger partial charge is 0.319 e. The van der Waals surface area contributed by atoms with E-state index in [1.54, 1.807) is 13.3 Å². The van der Waals surface area contributed by atoms with Gasteiger partial charge in [-0.15, -0.1) is 0 Å². The topological polar surface area (TPSA) is 79.0 Å². The van der Waals surface area contributed by atoms with Gasteiger partial charge < -0.3 is 15.4 Å². The van der Waals surface area contributed by atoms with Crippen molar-refractivity contribution in [3.8, 4) is 5.75 Å². The first-order valence-corrected chi connectivity index (χ1v) is 6.85. The maximum absolute atomic E-state index is 11.9. The molecule has 1 aromatic heterocycles. The molecule has 0 aliphatic heterocycles. The van der Waals surface area contributed by atoms with E-state index in [4.69, 9.17) is 4.74 Å². The first-order chi connectivity index (χ1) is 10.7. The summed E-state index contributed by atoms with van der Waals surface area (Å²) in [6, 6.07) is 12.9. The Morgan fingerprint density at radius 1 is 1.27 bits per heavy atom. The number of urea groups is 1. The molecule has 0 aliphatic rings. The summed E-state index contributed by atoms with van der Waals surface area (Å²) in [4.78, 5) is 11.9. The van der Waals surface area contributed by atoms with Crippen LogP contribution in [0.25, 0.3) is 10.9 Å². The number of amides is 2. The highest BCUT2D eigenvalue weighted by molar-refractivity contribution is 5.92. The van der Waals surface area contributed by atoms with E-state index in [0.717, 1.165) is 27.9 Å². The molecule has 0 atom stereocenters. The Morgan fingerprint density at radius 2 is 2.18 bits per heavy atom. The highest BCUT2D eigenvalue weighted by Gasteiger charge is 2.04. The average molecular weight is 296 g/mol. The van der Waals surface area contributed by atoms with E-state index in [0.29, 0.717) is 6.54 Å². The summed E-state index contributed by atoms with van der Waals surface area (Å²) in [6.07, 6.45) is 1.72. The van der Waals surface area contributed by atoms with E-state index < -0.39 is 0 Å². The number of carbonyl (C=O) groups excluding carboxylic acids is 1. The number of rotatable bonds is 4. The van der Waals surface area contributed by atoms with Crippen LogP contribution in [0.2, 0.25) is 0 Å². The van der Waals surface area contributed by atoms with Crippen LogP contribution in [0.3, 0.4) is 0 Å². The zero-order chi connectivity index (χ0) is 15.4. The molecule has 0 saturated heterocycles. The molecular weight excluding hydrogens is 280 g/mol. The Balaban J connectivity index is 1.59. The molecule has 2 amide bonds. The van der Waals surface area contributed by atoms with Crippen LogP contribution >= 0.6 is 0 Å². The molecule has 6 heteroatoms. The van der Waals surface area contributed by atoms with Crippen LogP contribution in [0, 0.1) is 0 Å². The summed E-state index contributed by atoms with van der Waals surface area (Å²) in [5, 5.41) is 13.4. The Kier molecular flexibility index (Phi) is 3.91. The van der Waals surface area contributed by atoms with Gasteiger partial charge in [-0.1, -0.05) is 12.1 Å². The van der Waals surface area contributed by atoms with E-state index >= 15 is 0 Å². The number of H-pyrrole nitrogens is 1. The van der Waals surface area contributed by atoms with Gasteiger partial charge in [-0.05, 0) is 35.9 Å². The number of nitrogens with zero attached hydrogens (tertiary/aromatic N) is 1. The molecule has 0 unspecified atom stereocenters. The largest absolute Gasteiger partial charge is 0.497 e. The zero-order valence-electron chi connectivity index (χ0n) is 12.1. The van der Waals surface area contributed by atoms with Gasteiger partial charge in [0.05, 0.1) is 18.8 Å². The van der Waals surface area contributed by atoms with Crippen molar-refractivity contribution in [2.45, 2.75) is 6.54 Å². The molecule has 3 rings (SSSR count). The monoisotopic (exact) mass is 296 g/mol. The molecule has 3 aromatic rings. The van der Waals surface area contributed by atoms with Crippen molar-refractivity contribution in [3.05, 3.63) is 54.2 Å². The normalized spacial score (nSPS) is 10.4. The minimum atomic E-state index is -0.259. The Labute approximate surface area is 127 Å². The number of aromatic amines is 1. The molecular formula is C16H16N4O2. The number of carbonyl (C=O) groups is 1. The fourth-order valence-electron chi connectivity index (χ4n) is 2.16. The number of nitrogens with one attached hydrogen (secondary N) is 3. The molecule has 1 heterocycles. The van der Waals surface area contributed by atoms with Gasteiger partial charge in [-0.2, -0.15) is 5.10 Å². The highest BCUT2D eigenvalue weighted by atomic mass is 16.5. The predicted octanol–water partition coefficient (Wildman–Crippen LogP) is 2.89. The summed E-state index contributed by atoms with van der Waals surface area (Å²) in [7, 11) is 1.62. The maximum Gasteiger partial charge on any atom is 0.319 e. The van der Waals surface area contributed by atoms with Crippen LogP contribution in [-0.2, 0) is 6.54 Å². The maximum atomic E-state index is 11.9. The van der Waals surface area contributed by atoms with Crippen LogP contribution in [0.15, 0.2) is 48.7 Å². The van der Waals surface area contributed by atoms with E-state index in [1.807, 2.05) is 42.5 Å². The fourth-order valence-corrected chi connectivity index (χ4v) is 2.16. The van der Waals surface area contributed by atoms with Crippen molar-refractivity contribution in [1.29, 1.82) is 0 Å². The second kappa shape index (κ2) is 6.17.